The maximum atomic E-state index is 5.97. The smallest absolute Gasteiger partial charge is 0.0953 e. The third-order valence-corrected chi connectivity index (χ3v) is 4.99. The zero-order valence-electron chi connectivity index (χ0n) is 14.8. The summed E-state index contributed by atoms with van der Waals surface area (Å²) >= 11 is 5.97. The van der Waals surface area contributed by atoms with E-state index in [1.54, 1.807) is 0 Å². The van der Waals surface area contributed by atoms with Crippen LogP contribution in [0.2, 0.25) is 5.02 Å². The number of halogens is 1. The lowest BCUT2D eigenvalue weighted by molar-refractivity contribution is 0.0326. The van der Waals surface area contributed by atoms with Crippen LogP contribution in [0.25, 0.3) is 16.9 Å². The number of hydrogen-bond acceptors (Lipinski definition) is 4. The van der Waals surface area contributed by atoms with Crippen molar-refractivity contribution in [2.24, 2.45) is 0 Å². The van der Waals surface area contributed by atoms with Crippen LogP contribution in [0.4, 0.5) is 0 Å². The average molecular weight is 372 g/mol. The largest absolute Gasteiger partial charge is 0.379 e. The Morgan fingerprint density at radius 1 is 1.15 bits per heavy atom. The van der Waals surface area contributed by atoms with Crippen LogP contribution in [0.15, 0.2) is 49.2 Å². The van der Waals surface area contributed by atoms with E-state index in [2.05, 4.69) is 26.5 Å². The van der Waals surface area contributed by atoms with Crippen LogP contribution >= 0.6 is 11.6 Å². The Bertz CT molecular complexity index is 851. The second-order valence-corrected chi connectivity index (χ2v) is 7.03. The van der Waals surface area contributed by atoms with E-state index in [4.69, 9.17) is 16.3 Å². The van der Waals surface area contributed by atoms with Gasteiger partial charge in [0, 0.05) is 42.5 Å². The van der Waals surface area contributed by atoms with Crippen LogP contribution in [0, 0.1) is 0 Å². The first-order valence-corrected chi connectivity index (χ1v) is 9.21. The topological polar surface area (TPSA) is 48.1 Å². The first-order valence-electron chi connectivity index (χ1n) is 8.83. The maximum Gasteiger partial charge on any atom is 0.0953 e. The van der Waals surface area contributed by atoms with E-state index in [1.165, 1.54) is 0 Å². The molecule has 0 radical (unpaired) electrons. The molecule has 1 atom stereocenters. The molecule has 0 bridgehead atoms. The van der Waals surface area contributed by atoms with Crippen molar-refractivity contribution in [3.63, 3.8) is 0 Å². The van der Waals surface area contributed by atoms with E-state index in [-0.39, 0.29) is 0 Å². The highest BCUT2D eigenvalue weighted by Gasteiger charge is 2.18. The molecule has 3 heterocycles. The van der Waals surface area contributed by atoms with Crippen molar-refractivity contribution in [3.05, 3.63) is 54.2 Å². The summed E-state index contributed by atoms with van der Waals surface area (Å²) in [5, 5.41) is 5.21. The molecule has 1 fully saturated rings. The van der Waals surface area contributed by atoms with Crippen molar-refractivity contribution in [1.29, 1.82) is 0 Å². The molecule has 26 heavy (non-hydrogen) atoms. The van der Waals surface area contributed by atoms with Gasteiger partial charge in [-0.05, 0) is 31.2 Å². The Morgan fingerprint density at radius 3 is 2.69 bits per heavy atom. The molecule has 0 amide bonds. The molecule has 1 saturated heterocycles. The second kappa shape index (κ2) is 7.61. The van der Waals surface area contributed by atoms with Gasteiger partial charge in [-0.2, -0.15) is 5.10 Å². The molecule has 3 aromatic rings. The highest BCUT2D eigenvalue weighted by atomic mass is 35.5. The SMILES string of the molecule is C[C@@H](CN1CCOCC1)n1cncc1-c1cnn(-c2ccc(Cl)cc2)c1. The van der Waals surface area contributed by atoms with E-state index in [9.17, 15) is 0 Å². The first-order chi connectivity index (χ1) is 12.7. The fourth-order valence-corrected chi connectivity index (χ4v) is 3.44. The van der Waals surface area contributed by atoms with Gasteiger partial charge in [-0.1, -0.05) is 11.6 Å². The molecular formula is C19H22ClN5O. The number of rotatable bonds is 5. The van der Waals surface area contributed by atoms with Gasteiger partial charge in [-0.15, -0.1) is 0 Å². The van der Waals surface area contributed by atoms with Crippen LogP contribution in [-0.2, 0) is 4.74 Å². The fourth-order valence-electron chi connectivity index (χ4n) is 3.31. The summed E-state index contributed by atoms with van der Waals surface area (Å²) in [5.41, 5.74) is 3.10. The fraction of sp³-hybridized carbons (Fsp3) is 0.368. The Hall–Kier alpha value is -2.15. The number of aromatic nitrogens is 4. The summed E-state index contributed by atoms with van der Waals surface area (Å²) in [7, 11) is 0. The minimum absolute atomic E-state index is 0.324. The molecule has 1 aliphatic rings. The van der Waals surface area contributed by atoms with Crippen molar-refractivity contribution < 1.29 is 4.74 Å². The van der Waals surface area contributed by atoms with Crippen molar-refractivity contribution >= 4 is 11.6 Å². The lowest BCUT2D eigenvalue weighted by Crippen LogP contribution is -2.39. The van der Waals surface area contributed by atoms with E-state index >= 15 is 0 Å². The van der Waals surface area contributed by atoms with Crippen molar-refractivity contribution in [2.45, 2.75) is 13.0 Å². The van der Waals surface area contributed by atoms with Gasteiger partial charge in [0.05, 0.1) is 43.3 Å². The van der Waals surface area contributed by atoms with Gasteiger partial charge in [0.2, 0.25) is 0 Å². The van der Waals surface area contributed by atoms with Crippen molar-refractivity contribution in [1.82, 2.24) is 24.2 Å². The number of ether oxygens (including phenoxy) is 1. The lowest BCUT2D eigenvalue weighted by atomic mass is 10.2. The maximum absolute atomic E-state index is 5.97. The molecule has 1 aliphatic heterocycles. The van der Waals surface area contributed by atoms with Gasteiger partial charge in [-0.25, -0.2) is 9.67 Å². The number of benzene rings is 1. The second-order valence-electron chi connectivity index (χ2n) is 6.60. The number of morpholine rings is 1. The molecule has 6 nitrogen and oxygen atoms in total. The van der Waals surface area contributed by atoms with Crippen LogP contribution in [0.3, 0.4) is 0 Å². The Morgan fingerprint density at radius 2 is 1.92 bits per heavy atom. The molecule has 1 aromatic carbocycles. The number of imidazole rings is 1. The monoisotopic (exact) mass is 371 g/mol. The zero-order valence-corrected chi connectivity index (χ0v) is 15.5. The summed E-state index contributed by atoms with van der Waals surface area (Å²) in [4.78, 5) is 6.81. The summed E-state index contributed by atoms with van der Waals surface area (Å²) in [5.74, 6) is 0. The summed E-state index contributed by atoms with van der Waals surface area (Å²) < 4.78 is 9.51. The predicted octanol–water partition coefficient (Wildman–Crippen LogP) is 3.28. The van der Waals surface area contributed by atoms with Gasteiger partial charge in [0.15, 0.2) is 0 Å². The molecule has 0 aliphatic carbocycles. The highest BCUT2D eigenvalue weighted by Crippen LogP contribution is 2.24. The van der Waals surface area contributed by atoms with Crippen LogP contribution in [0.1, 0.15) is 13.0 Å². The third-order valence-electron chi connectivity index (χ3n) is 4.74. The third kappa shape index (κ3) is 3.67. The molecule has 0 unspecified atom stereocenters. The van der Waals surface area contributed by atoms with Crippen LogP contribution < -0.4 is 0 Å². The van der Waals surface area contributed by atoms with Crippen LogP contribution in [0.5, 0.6) is 0 Å². The molecule has 0 saturated carbocycles. The molecule has 7 heteroatoms. The molecule has 0 N–H and O–H groups in total. The summed E-state index contributed by atoms with van der Waals surface area (Å²) in [6.45, 7) is 6.82. The van der Waals surface area contributed by atoms with E-state index in [1.807, 2.05) is 53.9 Å². The standard InChI is InChI=1S/C19H22ClN5O/c1-15(12-23-6-8-26-9-7-23)24-14-21-11-19(24)16-10-22-25(13-16)18-4-2-17(20)3-5-18/h2-5,10-11,13-15H,6-9,12H2,1H3/t15-/m0/s1. The van der Waals surface area contributed by atoms with Gasteiger partial charge in [-0.3, -0.25) is 4.90 Å². The molecule has 0 spiro atoms. The normalized spacial score (nSPS) is 16.7. The average Bonchev–Trinajstić information content (AvgIpc) is 3.32. The van der Waals surface area contributed by atoms with Gasteiger partial charge in [0.25, 0.3) is 0 Å². The zero-order chi connectivity index (χ0) is 17.9. The predicted molar refractivity (Wildman–Crippen MR) is 102 cm³/mol. The molecular weight excluding hydrogens is 350 g/mol. The Labute approximate surface area is 158 Å². The minimum Gasteiger partial charge on any atom is -0.379 e. The number of hydrogen-bond donors (Lipinski definition) is 0. The summed E-state index contributed by atoms with van der Waals surface area (Å²) in [6, 6.07) is 7.97. The van der Waals surface area contributed by atoms with E-state index in [0.29, 0.717) is 6.04 Å². The van der Waals surface area contributed by atoms with E-state index in [0.717, 1.165) is 54.8 Å². The van der Waals surface area contributed by atoms with Crippen LogP contribution in [-0.4, -0.2) is 57.1 Å². The Kier molecular flexibility index (Phi) is 5.06. The molecule has 2 aromatic heterocycles. The molecule has 4 rings (SSSR count). The van der Waals surface area contributed by atoms with Gasteiger partial charge >= 0.3 is 0 Å². The number of nitrogens with zero attached hydrogens (tertiary/aromatic N) is 5. The lowest BCUT2D eigenvalue weighted by Gasteiger charge is -2.30. The van der Waals surface area contributed by atoms with Crippen molar-refractivity contribution in [3.8, 4) is 16.9 Å². The summed E-state index contributed by atoms with van der Waals surface area (Å²) in [6.07, 6.45) is 7.71. The minimum atomic E-state index is 0.324. The first kappa shape index (κ1) is 17.3. The quantitative estimate of drug-likeness (QED) is 0.690. The van der Waals surface area contributed by atoms with E-state index < -0.39 is 0 Å². The van der Waals surface area contributed by atoms with Crippen molar-refractivity contribution in [2.75, 3.05) is 32.8 Å². The van der Waals surface area contributed by atoms with Gasteiger partial charge in [0.1, 0.15) is 0 Å². The van der Waals surface area contributed by atoms with Gasteiger partial charge < -0.3 is 9.30 Å². The molecule has 136 valence electrons. The highest BCUT2D eigenvalue weighted by molar-refractivity contribution is 6.30. The Balaban J connectivity index is 1.54.